The van der Waals surface area contributed by atoms with Crippen LogP contribution in [0.4, 0.5) is 0 Å². The Bertz CT molecular complexity index is 346. The van der Waals surface area contributed by atoms with Crippen LogP contribution in [0.2, 0.25) is 0 Å². The molecule has 0 aromatic carbocycles. The third-order valence-corrected chi connectivity index (χ3v) is 3.15. The molecule has 0 amide bonds. The smallest absolute Gasteiger partial charge is 0.0897 e. The zero-order chi connectivity index (χ0) is 11.1. The molecule has 0 spiro atoms. The molecule has 0 aliphatic carbocycles. The average molecular weight is 222 g/mol. The first-order valence-corrected chi connectivity index (χ1v) is 6.12. The number of likely N-dealkylation sites (N-methyl/N-ethyl adjacent to an activating group) is 1. The van der Waals surface area contributed by atoms with Crippen molar-refractivity contribution < 1.29 is 0 Å². The molecule has 1 aromatic rings. The molecule has 0 aliphatic heterocycles. The van der Waals surface area contributed by atoms with Gasteiger partial charge in [0, 0.05) is 24.3 Å². The van der Waals surface area contributed by atoms with E-state index in [1.54, 1.807) is 11.3 Å². The number of nitrogens with zero attached hydrogens (tertiary/aromatic N) is 1. The lowest BCUT2D eigenvalue weighted by atomic mass is 10.1. The Morgan fingerprint density at radius 1 is 1.60 bits per heavy atom. The fourth-order valence-electron chi connectivity index (χ4n) is 1.47. The van der Waals surface area contributed by atoms with Crippen LogP contribution in [-0.2, 0) is 6.42 Å². The predicted octanol–water partition coefficient (Wildman–Crippen LogP) is 2.39. The average Bonchev–Trinajstić information content (AvgIpc) is 2.63. The second-order valence-electron chi connectivity index (χ2n) is 3.51. The van der Waals surface area contributed by atoms with Crippen molar-refractivity contribution in [2.24, 2.45) is 0 Å². The van der Waals surface area contributed by atoms with Gasteiger partial charge >= 0.3 is 0 Å². The van der Waals surface area contributed by atoms with Crippen molar-refractivity contribution in [2.75, 3.05) is 7.05 Å². The fraction of sp³-hybridized carbons (Fsp3) is 0.583. The van der Waals surface area contributed by atoms with E-state index in [1.165, 1.54) is 5.69 Å². The summed E-state index contributed by atoms with van der Waals surface area (Å²) in [6.07, 6.45) is 3.06. The molecule has 15 heavy (non-hydrogen) atoms. The molecule has 3 heteroatoms. The van der Waals surface area contributed by atoms with Gasteiger partial charge in [-0.2, -0.15) is 0 Å². The molecule has 0 saturated carbocycles. The van der Waals surface area contributed by atoms with Crippen molar-refractivity contribution in [2.45, 2.75) is 39.2 Å². The van der Waals surface area contributed by atoms with E-state index in [0.29, 0.717) is 6.04 Å². The van der Waals surface area contributed by atoms with E-state index < -0.39 is 0 Å². The molecule has 2 nitrogen and oxygen atoms in total. The number of nitrogens with one attached hydrogen (secondary N) is 1. The topological polar surface area (TPSA) is 24.9 Å². The Hall–Kier alpha value is -0.850. The van der Waals surface area contributed by atoms with Crippen molar-refractivity contribution in [3.05, 3.63) is 16.1 Å². The van der Waals surface area contributed by atoms with Crippen molar-refractivity contribution in [1.29, 1.82) is 0 Å². The second kappa shape index (κ2) is 6.60. The standard InChI is InChI=1S/C12H18N2S/c1-4-5-6-7-11(13-3)8-12-9-15-10(2)14-12/h9,11,13H,6-8H2,1-3H3. The maximum Gasteiger partial charge on any atom is 0.0897 e. The maximum atomic E-state index is 4.47. The molecular weight excluding hydrogens is 204 g/mol. The zero-order valence-corrected chi connectivity index (χ0v) is 10.4. The summed E-state index contributed by atoms with van der Waals surface area (Å²) in [7, 11) is 2.00. The number of thiazole rings is 1. The number of rotatable bonds is 5. The first kappa shape index (κ1) is 12.2. The van der Waals surface area contributed by atoms with Gasteiger partial charge in [0.1, 0.15) is 0 Å². The van der Waals surface area contributed by atoms with Gasteiger partial charge in [0.15, 0.2) is 0 Å². The van der Waals surface area contributed by atoms with Gasteiger partial charge < -0.3 is 5.32 Å². The van der Waals surface area contributed by atoms with Gasteiger partial charge in [-0.05, 0) is 27.3 Å². The summed E-state index contributed by atoms with van der Waals surface area (Å²) >= 11 is 1.72. The van der Waals surface area contributed by atoms with Gasteiger partial charge in [-0.15, -0.1) is 23.2 Å². The molecule has 1 N–H and O–H groups in total. The molecule has 1 atom stereocenters. The Labute approximate surface area is 96.1 Å². The van der Waals surface area contributed by atoms with Gasteiger partial charge in [-0.25, -0.2) is 4.98 Å². The molecule has 1 unspecified atom stereocenters. The third-order valence-electron chi connectivity index (χ3n) is 2.32. The normalized spacial score (nSPS) is 11.9. The number of aromatic nitrogens is 1. The van der Waals surface area contributed by atoms with Crippen LogP contribution in [0.1, 0.15) is 30.5 Å². The monoisotopic (exact) mass is 222 g/mol. The van der Waals surface area contributed by atoms with E-state index in [2.05, 4.69) is 27.5 Å². The minimum Gasteiger partial charge on any atom is -0.317 e. The summed E-state index contributed by atoms with van der Waals surface area (Å²) in [4.78, 5) is 4.47. The SMILES string of the molecule is CC#CCCC(Cc1csc(C)n1)NC. The Kier molecular flexibility index (Phi) is 5.38. The van der Waals surface area contributed by atoms with Gasteiger partial charge in [-0.3, -0.25) is 0 Å². The lowest BCUT2D eigenvalue weighted by Crippen LogP contribution is -2.27. The quantitative estimate of drug-likeness (QED) is 0.774. The molecule has 0 fully saturated rings. The molecule has 0 bridgehead atoms. The Morgan fingerprint density at radius 3 is 2.93 bits per heavy atom. The minimum absolute atomic E-state index is 0.493. The Morgan fingerprint density at radius 2 is 2.40 bits per heavy atom. The summed E-state index contributed by atoms with van der Waals surface area (Å²) in [6, 6.07) is 0.493. The van der Waals surface area contributed by atoms with Crippen molar-refractivity contribution >= 4 is 11.3 Å². The van der Waals surface area contributed by atoms with Crippen LogP contribution in [-0.4, -0.2) is 18.1 Å². The molecule has 0 aliphatic rings. The lowest BCUT2D eigenvalue weighted by molar-refractivity contribution is 0.523. The van der Waals surface area contributed by atoms with E-state index >= 15 is 0 Å². The van der Waals surface area contributed by atoms with Gasteiger partial charge in [0.05, 0.1) is 10.7 Å². The van der Waals surface area contributed by atoms with Crippen LogP contribution in [0, 0.1) is 18.8 Å². The molecule has 1 heterocycles. The first-order chi connectivity index (χ1) is 7.26. The van der Waals surface area contributed by atoms with Crippen LogP contribution in [0.5, 0.6) is 0 Å². The second-order valence-corrected chi connectivity index (χ2v) is 4.58. The van der Waals surface area contributed by atoms with Crippen molar-refractivity contribution in [3.63, 3.8) is 0 Å². The summed E-state index contributed by atoms with van der Waals surface area (Å²) in [5, 5.41) is 6.61. The van der Waals surface area contributed by atoms with Crippen molar-refractivity contribution in [3.8, 4) is 11.8 Å². The molecule has 1 aromatic heterocycles. The Balaban J connectivity index is 2.41. The minimum atomic E-state index is 0.493. The third kappa shape index (κ3) is 4.46. The van der Waals surface area contributed by atoms with E-state index in [0.717, 1.165) is 24.3 Å². The molecule has 0 saturated heterocycles. The maximum absolute atomic E-state index is 4.47. The molecular formula is C12H18N2S. The van der Waals surface area contributed by atoms with E-state index in [9.17, 15) is 0 Å². The highest BCUT2D eigenvalue weighted by Gasteiger charge is 2.08. The lowest BCUT2D eigenvalue weighted by Gasteiger charge is -2.12. The van der Waals surface area contributed by atoms with Crippen LogP contribution in [0.15, 0.2) is 5.38 Å². The molecule has 82 valence electrons. The van der Waals surface area contributed by atoms with Crippen LogP contribution in [0.25, 0.3) is 0 Å². The van der Waals surface area contributed by atoms with Gasteiger partial charge in [0.25, 0.3) is 0 Å². The fourth-order valence-corrected chi connectivity index (χ4v) is 2.10. The van der Waals surface area contributed by atoms with E-state index in [1.807, 2.05) is 20.9 Å². The summed E-state index contributed by atoms with van der Waals surface area (Å²) in [5.41, 5.74) is 1.20. The highest BCUT2D eigenvalue weighted by atomic mass is 32.1. The molecule has 1 rings (SSSR count). The van der Waals surface area contributed by atoms with E-state index in [-0.39, 0.29) is 0 Å². The number of aryl methyl sites for hydroxylation is 1. The largest absolute Gasteiger partial charge is 0.317 e. The van der Waals surface area contributed by atoms with Crippen LogP contribution in [0.3, 0.4) is 0 Å². The summed E-state index contributed by atoms with van der Waals surface area (Å²) in [5.74, 6) is 6.02. The molecule has 0 radical (unpaired) electrons. The summed E-state index contributed by atoms with van der Waals surface area (Å²) in [6.45, 7) is 3.93. The van der Waals surface area contributed by atoms with Crippen LogP contribution < -0.4 is 5.32 Å². The van der Waals surface area contributed by atoms with Crippen molar-refractivity contribution in [1.82, 2.24) is 10.3 Å². The first-order valence-electron chi connectivity index (χ1n) is 5.24. The van der Waals surface area contributed by atoms with Gasteiger partial charge in [0.2, 0.25) is 0 Å². The predicted molar refractivity (Wildman–Crippen MR) is 66.1 cm³/mol. The van der Waals surface area contributed by atoms with Gasteiger partial charge in [-0.1, -0.05) is 0 Å². The van der Waals surface area contributed by atoms with Crippen LogP contribution >= 0.6 is 11.3 Å². The number of hydrogen-bond acceptors (Lipinski definition) is 3. The highest BCUT2D eigenvalue weighted by molar-refractivity contribution is 7.09. The number of hydrogen-bond donors (Lipinski definition) is 1. The van der Waals surface area contributed by atoms with E-state index in [4.69, 9.17) is 0 Å². The zero-order valence-electron chi connectivity index (χ0n) is 9.63. The highest BCUT2D eigenvalue weighted by Crippen LogP contribution is 2.11. The summed E-state index contributed by atoms with van der Waals surface area (Å²) < 4.78 is 0.